The number of thioether (sulfide) groups is 1. The fourth-order valence-electron chi connectivity index (χ4n) is 3.06. The van der Waals surface area contributed by atoms with E-state index in [0.717, 1.165) is 48.9 Å². The molecule has 3 rings (SSSR count). The molecule has 0 spiro atoms. The summed E-state index contributed by atoms with van der Waals surface area (Å²) in [6.45, 7) is 5.84. The van der Waals surface area contributed by atoms with Crippen LogP contribution in [-0.4, -0.2) is 53.8 Å². The van der Waals surface area contributed by atoms with Crippen LogP contribution in [0.4, 0.5) is 10.5 Å². The molecule has 22 heavy (non-hydrogen) atoms. The molecule has 2 aliphatic rings. The Hall–Kier alpha value is -1.46. The van der Waals surface area contributed by atoms with Crippen molar-refractivity contribution in [2.24, 2.45) is 0 Å². The summed E-state index contributed by atoms with van der Waals surface area (Å²) in [6.07, 6.45) is 5.49. The monoisotopic (exact) mass is 317 g/mol. The molecule has 0 aromatic heterocycles. The number of amides is 2. The summed E-state index contributed by atoms with van der Waals surface area (Å²) in [5, 5.41) is 3.08. The molecule has 2 heterocycles. The Bertz CT molecular complexity index is 553. The largest absolute Gasteiger partial charge is 0.323 e. The molecular formula is C17H23N3OS. The maximum atomic E-state index is 12.5. The van der Waals surface area contributed by atoms with Gasteiger partial charge in [0.2, 0.25) is 0 Å². The Morgan fingerprint density at radius 2 is 2.09 bits per heavy atom. The van der Waals surface area contributed by atoms with Crippen LogP contribution in [0.1, 0.15) is 13.3 Å². The molecule has 0 radical (unpaired) electrons. The lowest BCUT2D eigenvalue weighted by Gasteiger charge is -2.24. The Labute approximate surface area is 136 Å². The van der Waals surface area contributed by atoms with Crippen molar-refractivity contribution in [2.75, 3.05) is 37.2 Å². The van der Waals surface area contributed by atoms with Gasteiger partial charge in [0.25, 0.3) is 0 Å². The lowest BCUT2D eigenvalue weighted by Crippen LogP contribution is -2.39. The van der Waals surface area contributed by atoms with Crippen LogP contribution < -0.4 is 5.32 Å². The highest BCUT2D eigenvalue weighted by molar-refractivity contribution is 7.99. The molecule has 1 atom stereocenters. The van der Waals surface area contributed by atoms with Gasteiger partial charge in [-0.15, -0.1) is 11.8 Å². The second-order valence-electron chi connectivity index (χ2n) is 5.67. The number of hydrogen-bond acceptors (Lipinski definition) is 3. The van der Waals surface area contributed by atoms with Crippen molar-refractivity contribution in [2.45, 2.75) is 24.3 Å². The second kappa shape index (κ2) is 7.20. The number of para-hydroxylation sites is 1. The minimum Gasteiger partial charge on any atom is -0.323 e. The maximum Gasteiger partial charge on any atom is 0.321 e. The predicted octanol–water partition coefficient (Wildman–Crippen LogP) is 3.28. The molecule has 1 saturated heterocycles. The summed E-state index contributed by atoms with van der Waals surface area (Å²) in [5.41, 5.74) is 0.922. The van der Waals surface area contributed by atoms with Crippen LogP contribution in [0.2, 0.25) is 0 Å². The quantitative estimate of drug-likeness (QED) is 0.684. The van der Waals surface area contributed by atoms with Gasteiger partial charge in [-0.05, 0) is 24.3 Å². The van der Waals surface area contributed by atoms with Crippen LogP contribution >= 0.6 is 11.8 Å². The third-order valence-electron chi connectivity index (χ3n) is 4.24. The number of likely N-dealkylation sites (tertiary alicyclic amines) is 1. The van der Waals surface area contributed by atoms with Gasteiger partial charge in [-0.25, -0.2) is 4.79 Å². The molecular weight excluding hydrogens is 294 g/mol. The van der Waals surface area contributed by atoms with Crippen molar-refractivity contribution in [3.63, 3.8) is 0 Å². The Balaban J connectivity index is 1.58. The van der Waals surface area contributed by atoms with E-state index in [1.54, 1.807) is 11.8 Å². The number of benzene rings is 1. The summed E-state index contributed by atoms with van der Waals surface area (Å²) < 4.78 is 0. The summed E-state index contributed by atoms with van der Waals surface area (Å²) in [4.78, 5) is 18.0. The zero-order chi connectivity index (χ0) is 15.4. The number of carbonyl (C=O) groups is 1. The van der Waals surface area contributed by atoms with Gasteiger partial charge in [0.05, 0.1) is 5.69 Å². The van der Waals surface area contributed by atoms with Gasteiger partial charge in [-0.1, -0.05) is 31.2 Å². The lowest BCUT2D eigenvalue weighted by molar-refractivity contribution is 0.212. The standard InChI is InChI=1S/C17H23N3OS/c1-2-22-16-8-4-3-7-15(16)18-17(21)20-12-9-14(13-20)19-10-5-6-11-19/h3-8,14H,2,9-13H2,1H3,(H,18,21)/t14-/m0/s1. The Morgan fingerprint density at radius 1 is 1.32 bits per heavy atom. The van der Waals surface area contributed by atoms with Gasteiger partial charge in [-0.2, -0.15) is 0 Å². The van der Waals surface area contributed by atoms with Gasteiger partial charge >= 0.3 is 6.03 Å². The van der Waals surface area contributed by atoms with Crippen molar-refractivity contribution < 1.29 is 4.79 Å². The van der Waals surface area contributed by atoms with E-state index in [1.165, 1.54) is 0 Å². The van der Waals surface area contributed by atoms with Gasteiger partial charge in [-0.3, -0.25) is 4.90 Å². The minimum atomic E-state index is 0.0267. The topological polar surface area (TPSA) is 35.6 Å². The number of hydrogen-bond donors (Lipinski definition) is 1. The number of anilines is 1. The van der Waals surface area contributed by atoms with Crippen LogP contribution in [0.15, 0.2) is 41.3 Å². The number of rotatable bonds is 4. The molecule has 2 aliphatic heterocycles. The smallest absolute Gasteiger partial charge is 0.321 e. The highest BCUT2D eigenvalue weighted by atomic mass is 32.2. The molecule has 4 nitrogen and oxygen atoms in total. The van der Waals surface area contributed by atoms with Gasteiger partial charge < -0.3 is 10.2 Å². The molecule has 0 bridgehead atoms. The maximum absolute atomic E-state index is 12.5. The zero-order valence-electron chi connectivity index (χ0n) is 13.0. The van der Waals surface area contributed by atoms with Gasteiger partial charge in [0.1, 0.15) is 0 Å². The predicted molar refractivity (Wildman–Crippen MR) is 92.5 cm³/mol. The number of carbonyl (C=O) groups excluding carboxylic acids is 1. The highest BCUT2D eigenvalue weighted by Gasteiger charge is 2.30. The van der Waals surface area contributed by atoms with Gasteiger partial charge in [0, 0.05) is 37.1 Å². The first kappa shape index (κ1) is 15.4. The first-order chi connectivity index (χ1) is 10.8. The molecule has 5 heteroatoms. The zero-order valence-corrected chi connectivity index (χ0v) is 13.8. The molecule has 0 saturated carbocycles. The Kier molecular flexibility index (Phi) is 5.05. The van der Waals surface area contributed by atoms with Gasteiger partial charge in [0.15, 0.2) is 0 Å². The molecule has 1 aromatic carbocycles. The normalized spacial score (nSPS) is 21.5. The van der Waals surface area contributed by atoms with E-state index in [9.17, 15) is 4.79 Å². The Morgan fingerprint density at radius 3 is 2.86 bits per heavy atom. The van der Waals surface area contributed by atoms with E-state index >= 15 is 0 Å². The number of nitrogens with one attached hydrogen (secondary N) is 1. The van der Waals surface area contributed by atoms with E-state index < -0.39 is 0 Å². The van der Waals surface area contributed by atoms with Crippen LogP contribution in [0.3, 0.4) is 0 Å². The van der Waals surface area contributed by atoms with Crippen molar-refractivity contribution >= 4 is 23.5 Å². The lowest BCUT2D eigenvalue weighted by atomic mass is 10.2. The summed E-state index contributed by atoms with van der Waals surface area (Å²) in [5.74, 6) is 1.00. The first-order valence-electron chi connectivity index (χ1n) is 7.94. The fraction of sp³-hybridized carbons (Fsp3) is 0.471. The third kappa shape index (κ3) is 3.47. The van der Waals surface area contributed by atoms with Crippen molar-refractivity contribution in [1.82, 2.24) is 9.80 Å². The van der Waals surface area contributed by atoms with E-state index in [4.69, 9.17) is 0 Å². The fourth-order valence-corrected chi connectivity index (χ4v) is 3.82. The molecule has 1 aromatic rings. The molecule has 0 unspecified atom stereocenters. The average molecular weight is 317 g/mol. The molecule has 2 amide bonds. The molecule has 0 aliphatic carbocycles. The molecule has 118 valence electrons. The van der Waals surface area contributed by atoms with E-state index in [2.05, 4.69) is 35.4 Å². The summed E-state index contributed by atoms with van der Waals surface area (Å²) >= 11 is 1.76. The molecule has 1 fully saturated rings. The van der Waals surface area contributed by atoms with Crippen LogP contribution in [0.5, 0.6) is 0 Å². The number of nitrogens with zero attached hydrogens (tertiary/aromatic N) is 2. The van der Waals surface area contributed by atoms with Crippen molar-refractivity contribution in [3.8, 4) is 0 Å². The second-order valence-corrected chi connectivity index (χ2v) is 6.98. The molecule has 1 N–H and O–H groups in total. The van der Waals surface area contributed by atoms with Crippen molar-refractivity contribution in [1.29, 1.82) is 0 Å². The van der Waals surface area contributed by atoms with Crippen LogP contribution in [-0.2, 0) is 0 Å². The van der Waals surface area contributed by atoms with Crippen LogP contribution in [0.25, 0.3) is 0 Å². The average Bonchev–Trinajstić information content (AvgIpc) is 3.20. The summed E-state index contributed by atoms with van der Waals surface area (Å²) in [7, 11) is 0. The van der Waals surface area contributed by atoms with E-state index in [0.29, 0.717) is 6.04 Å². The highest BCUT2D eigenvalue weighted by Crippen LogP contribution is 2.27. The van der Waals surface area contributed by atoms with E-state index in [-0.39, 0.29) is 6.03 Å². The van der Waals surface area contributed by atoms with Crippen molar-refractivity contribution in [3.05, 3.63) is 36.4 Å². The summed E-state index contributed by atoms with van der Waals surface area (Å²) in [6, 6.07) is 8.55. The third-order valence-corrected chi connectivity index (χ3v) is 5.20. The van der Waals surface area contributed by atoms with Crippen LogP contribution in [0, 0.1) is 0 Å². The minimum absolute atomic E-state index is 0.0267. The first-order valence-corrected chi connectivity index (χ1v) is 8.93. The SMILES string of the molecule is CCSc1ccccc1NC(=O)N1CC[C@H](N2CC=CC2)C1. The van der Waals surface area contributed by atoms with E-state index in [1.807, 2.05) is 23.1 Å². The number of urea groups is 1.